The average molecular weight is 330 g/mol. The molecule has 0 heterocycles. The molecule has 1 saturated carbocycles. The highest BCUT2D eigenvalue weighted by Crippen LogP contribution is 2.49. The van der Waals surface area contributed by atoms with Crippen LogP contribution in [0.3, 0.4) is 0 Å². The van der Waals surface area contributed by atoms with E-state index in [9.17, 15) is 4.79 Å². The van der Waals surface area contributed by atoms with Gasteiger partial charge in [-0.05, 0) is 55.2 Å². The van der Waals surface area contributed by atoms with Crippen LogP contribution >= 0.6 is 11.6 Å². The quantitative estimate of drug-likeness (QED) is 0.890. The van der Waals surface area contributed by atoms with Crippen molar-refractivity contribution in [2.45, 2.75) is 31.2 Å². The van der Waals surface area contributed by atoms with Gasteiger partial charge in [0.25, 0.3) is 0 Å². The maximum atomic E-state index is 12.8. The van der Waals surface area contributed by atoms with Crippen molar-refractivity contribution in [1.82, 2.24) is 5.32 Å². The van der Waals surface area contributed by atoms with E-state index in [-0.39, 0.29) is 11.9 Å². The van der Waals surface area contributed by atoms with Crippen molar-refractivity contribution in [3.63, 3.8) is 0 Å². The summed E-state index contributed by atoms with van der Waals surface area (Å²) in [7, 11) is 1.64. The van der Waals surface area contributed by atoms with Crippen molar-refractivity contribution >= 4 is 17.5 Å². The molecule has 0 radical (unpaired) electrons. The summed E-state index contributed by atoms with van der Waals surface area (Å²) >= 11 is 6.07. The predicted molar refractivity (Wildman–Crippen MR) is 91.9 cm³/mol. The zero-order valence-electron chi connectivity index (χ0n) is 13.3. The molecule has 1 unspecified atom stereocenters. The van der Waals surface area contributed by atoms with Crippen LogP contribution in [0.5, 0.6) is 5.75 Å². The van der Waals surface area contributed by atoms with Gasteiger partial charge in [0.1, 0.15) is 5.75 Å². The van der Waals surface area contributed by atoms with E-state index in [1.807, 2.05) is 55.5 Å². The smallest absolute Gasteiger partial charge is 0.231 e. The first-order valence-electron chi connectivity index (χ1n) is 7.76. The molecule has 120 valence electrons. The van der Waals surface area contributed by atoms with Crippen molar-refractivity contribution in [2.24, 2.45) is 0 Å². The number of hydrogen-bond acceptors (Lipinski definition) is 2. The standard InChI is InChI=1S/C19H20ClNO2/c1-13(14-6-8-17(23-2)9-7-14)21-18(22)19(10-11-19)15-4-3-5-16(20)12-15/h3-9,12-13H,10-11H2,1-2H3,(H,21,22). The molecule has 0 saturated heterocycles. The van der Waals surface area contributed by atoms with Gasteiger partial charge < -0.3 is 10.1 Å². The van der Waals surface area contributed by atoms with Gasteiger partial charge in [-0.3, -0.25) is 4.79 Å². The molecule has 1 aliphatic carbocycles. The Balaban J connectivity index is 1.73. The Kier molecular flexibility index (Phi) is 4.31. The Morgan fingerprint density at radius 1 is 1.22 bits per heavy atom. The molecule has 1 amide bonds. The molecule has 0 bridgehead atoms. The first kappa shape index (κ1) is 15.9. The van der Waals surface area contributed by atoms with E-state index in [2.05, 4.69) is 5.32 Å². The summed E-state index contributed by atoms with van der Waals surface area (Å²) in [6.45, 7) is 1.99. The number of halogens is 1. The average Bonchev–Trinajstić information content (AvgIpc) is 3.37. The summed E-state index contributed by atoms with van der Waals surface area (Å²) < 4.78 is 5.16. The summed E-state index contributed by atoms with van der Waals surface area (Å²) in [5.41, 5.74) is 1.65. The van der Waals surface area contributed by atoms with Crippen LogP contribution in [0.1, 0.15) is 36.9 Å². The van der Waals surface area contributed by atoms with Crippen LogP contribution in [0.2, 0.25) is 5.02 Å². The molecular formula is C19H20ClNO2. The van der Waals surface area contributed by atoms with E-state index >= 15 is 0 Å². The monoisotopic (exact) mass is 329 g/mol. The maximum absolute atomic E-state index is 12.8. The SMILES string of the molecule is COc1ccc(C(C)NC(=O)C2(c3cccc(Cl)c3)CC2)cc1. The minimum atomic E-state index is -0.411. The number of methoxy groups -OCH3 is 1. The zero-order chi connectivity index (χ0) is 16.4. The van der Waals surface area contributed by atoms with Gasteiger partial charge in [-0.15, -0.1) is 0 Å². The molecule has 0 aliphatic heterocycles. The summed E-state index contributed by atoms with van der Waals surface area (Å²) in [4.78, 5) is 12.8. The van der Waals surface area contributed by atoms with E-state index in [4.69, 9.17) is 16.3 Å². The van der Waals surface area contributed by atoms with E-state index in [1.165, 1.54) is 0 Å². The molecule has 2 aromatic carbocycles. The second-order valence-electron chi connectivity index (χ2n) is 6.06. The predicted octanol–water partition coefficient (Wildman–Crippen LogP) is 4.26. The zero-order valence-corrected chi connectivity index (χ0v) is 14.1. The number of ether oxygens (including phenoxy) is 1. The molecule has 1 aliphatic rings. The highest BCUT2D eigenvalue weighted by Gasteiger charge is 2.51. The molecule has 0 aromatic heterocycles. The number of rotatable bonds is 5. The summed E-state index contributed by atoms with van der Waals surface area (Å²) in [6, 6.07) is 15.3. The van der Waals surface area contributed by atoms with Crippen LogP contribution in [-0.4, -0.2) is 13.0 Å². The van der Waals surface area contributed by atoms with Crippen molar-refractivity contribution < 1.29 is 9.53 Å². The number of carbonyl (C=O) groups excluding carboxylic acids is 1. The molecule has 1 atom stereocenters. The van der Waals surface area contributed by atoms with Gasteiger partial charge in [-0.25, -0.2) is 0 Å². The molecule has 2 aromatic rings. The molecule has 4 heteroatoms. The molecule has 3 rings (SSSR count). The van der Waals surface area contributed by atoms with E-state index in [0.717, 1.165) is 29.7 Å². The number of nitrogens with one attached hydrogen (secondary N) is 1. The Bertz CT molecular complexity index is 708. The van der Waals surface area contributed by atoms with Gasteiger partial charge in [-0.1, -0.05) is 35.9 Å². The Labute approximate surface area is 141 Å². The van der Waals surface area contributed by atoms with Crippen LogP contribution in [0.25, 0.3) is 0 Å². The van der Waals surface area contributed by atoms with Crippen molar-refractivity contribution in [3.8, 4) is 5.75 Å². The maximum Gasteiger partial charge on any atom is 0.231 e. The molecular weight excluding hydrogens is 310 g/mol. The van der Waals surface area contributed by atoms with Crippen molar-refractivity contribution in [3.05, 3.63) is 64.7 Å². The van der Waals surface area contributed by atoms with Crippen LogP contribution in [0.15, 0.2) is 48.5 Å². The van der Waals surface area contributed by atoms with Crippen LogP contribution in [0.4, 0.5) is 0 Å². The van der Waals surface area contributed by atoms with E-state index in [1.54, 1.807) is 7.11 Å². The minimum absolute atomic E-state index is 0.0509. The first-order chi connectivity index (χ1) is 11.0. The largest absolute Gasteiger partial charge is 0.497 e. The second-order valence-corrected chi connectivity index (χ2v) is 6.50. The van der Waals surface area contributed by atoms with Crippen molar-refractivity contribution in [2.75, 3.05) is 7.11 Å². The Morgan fingerprint density at radius 2 is 1.91 bits per heavy atom. The van der Waals surface area contributed by atoms with Crippen LogP contribution < -0.4 is 10.1 Å². The van der Waals surface area contributed by atoms with Gasteiger partial charge in [0, 0.05) is 5.02 Å². The Morgan fingerprint density at radius 3 is 2.48 bits per heavy atom. The third-order valence-corrected chi connectivity index (χ3v) is 4.76. The lowest BCUT2D eigenvalue weighted by atomic mass is 9.94. The number of hydrogen-bond donors (Lipinski definition) is 1. The van der Waals surface area contributed by atoms with Gasteiger partial charge in [-0.2, -0.15) is 0 Å². The number of benzene rings is 2. The third-order valence-electron chi connectivity index (χ3n) is 4.53. The first-order valence-corrected chi connectivity index (χ1v) is 8.14. The Hall–Kier alpha value is -2.00. The van der Waals surface area contributed by atoms with Crippen LogP contribution in [0, 0.1) is 0 Å². The summed E-state index contributed by atoms with van der Waals surface area (Å²) in [5.74, 6) is 0.882. The normalized spacial score (nSPS) is 16.5. The molecule has 3 nitrogen and oxygen atoms in total. The lowest BCUT2D eigenvalue weighted by molar-refractivity contribution is -0.124. The molecule has 0 spiro atoms. The summed E-state index contributed by atoms with van der Waals surface area (Å²) in [5, 5.41) is 3.80. The molecule has 23 heavy (non-hydrogen) atoms. The van der Waals surface area contributed by atoms with Crippen LogP contribution in [-0.2, 0) is 10.2 Å². The van der Waals surface area contributed by atoms with Gasteiger partial charge >= 0.3 is 0 Å². The lowest BCUT2D eigenvalue weighted by Crippen LogP contribution is -2.36. The molecule has 1 N–H and O–H groups in total. The fourth-order valence-electron chi connectivity index (χ4n) is 2.87. The highest BCUT2D eigenvalue weighted by molar-refractivity contribution is 6.30. The van der Waals surface area contributed by atoms with Gasteiger partial charge in [0.15, 0.2) is 0 Å². The van der Waals surface area contributed by atoms with E-state index in [0.29, 0.717) is 5.02 Å². The van der Waals surface area contributed by atoms with Gasteiger partial charge in [0.2, 0.25) is 5.91 Å². The fraction of sp³-hybridized carbons (Fsp3) is 0.316. The highest BCUT2D eigenvalue weighted by atomic mass is 35.5. The topological polar surface area (TPSA) is 38.3 Å². The summed E-state index contributed by atoms with van der Waals surface area (Å²) in [6.07, 6.45) is 1.74. The second kappa shape index (κ2) is 6.25. The fourth-order valence-corrected chi connectivity index (χ4v) is 3.06. The van der Waals surface area contributed by atoms with Gasteiger partial charge in [0.05, 0.1) is 18.6 Å². The van der Waals surface area contributed by atoms with Crippen molar-refractivity contribution in [1.29, 1.82) is 0 Å². The number of amides is 1. The third kappa shape index (κ3) is 3.20. The molecule has 1 fully saturated rings. The lowest BCUT2D eigenvalue weighted by Gasteiger charge is -2.20. The number of carbonyl (C=O) groups is 1. The minimum Gasteiger partial charge on any atom is -0.497 e. The van der Waals surface area contributed by atoms with E-state index < -0.39 is 5.41 Å².